The third-order valence-corrected chi connectivity index (χ3v) is 2.38. The quantitative estimate of drug-likeness (QED) is 0.838. The van der Waals surface area contributed by atoms with Gasteiger partial charge in [-0.3, -0.25) is 5.32 Å². The molecule has 0 spiro atoms. The van der Waals surface area contributed by atoms with Crippen LogP contribution in [0.2, 0.25) is 5.02 Å². The van der Waals surface area contributed by atoms with E-state index in [-0.39, 0.29) is 0 Å². The summed E-state index contributed by atoms with van der Waals surface area (Å²) in [5, 5.41) is 3.20. The van der Waals surface area contributed by atoms with Crippen LogP contribution in [0.25, 0.3) is 0 Å². The standard InChI is InChI=1S/C11H14ClNO2/c1-7(2)9-5-4-8(6-10(9)12)13-11(14)15-3/h4-7H,1-3H3,(H,13,14). The molecule has 0 aliphatic rings. The second-order valence-electron chi connectivity index (χ2n) is 3.51. The van der Waals surface area contributed by atoms with E-state index in [1.807, 2.05) is 6.07 Å². The summed E-state index contributed by atoms with van der Waals surface area (Å²) in [7, 11) is 1.32. The van der Waals surface area contributed by atoms with Gasteiger partial charge in [-0.15, -0.1) is 0 Å². The Kier molecular flexibility index (Phi) is 3.97. The van der Waals surface area contributed by atoms with Crippen LogP contribution in [0.15, 0.2) is 18.2 Å². The molecule has 0 aromatic heterocycles. The van der Waals surface area contributed by atoms with E-state index < -0.39 is 6.09 Å². The lowest BCUT2D eigenvalue weighted by molar-refractivity contribution is 0.187. The molecule has 0 saturated carbocycles. The van der Waals surface area contributed by atoms with E-state index in [1.165, 1.54) is 7.11 Å². The van der Waals surface area contributed by atoms with Gasteiger partial charge in [-0.2, -0.15) is 0 Å². The fourth-order valence-corrected chi connectivity index (χ4v) is 1.64. The van der Waals surface area contributed by atoms with Crippen LogP contribution in [0.5, 0.6) is 0 Å². The predicted octanol–water partition coefficient (Wildman–Crippen LogP) is 3.64. The second-order valence-corrected chi connectivity index (χ2v) is 3.91. The molecule has 0 atom stereocenters. The molecule has 0 aliphatic carbocycles. The summed E-state index contributed by atoms with van der Waals surface area (Å²) in [4.78, 5) is 10.9. The second kappa shape index (κ2) is 5.03. The van der Waals surface area contributed by atoms with Gasteiger partial charge in [-0.25, -0.2) is 4.79 Å². The number of methoxy groups -OCH3 is 1. The van der Waals surface area contributed by atoms with Crippen molar-refractivity contribution in [3.05, 3.63) is 28.8 Å². The average Bonchev–Trinajstić information content (AvgIpc) is 2.17. The number of benzene rings is 1. The summed E-state index contributed by atoms with van der Waals surface area (Å²) in [6, 6.07) is 5.42. The van der Waals surface area contributed by atoms with Gasteiger partial charge < -0.3 is 4.74 Å². The molecule has 4 heteroatoms. The highest BCUT2D eigenvalue weighted by atomic mass is 35.5. The summed E-state index contributed by atoms with van der Waals surface area (Å²) in [6.07, 6.45) is -0.497. The Morgan fingerprint density at radius 1 is 1.47 bits per heavy atom. The molecule has 0 radical (unpaired) electrons. The zero-order valence-electron chi connectivity index (χ0n) is 9.00. The summed E-state index contributed by atoms with van der Waals surface area (Å²) in [5.74, 6) is 0.365. The van der Waals surface area contributed by atoms with Crippen molar-refractivity contribution in [3.63, 3.8) is 0 Å². The Morgan fingerprint density at radius 2 is 2.13 bits per heavy atom. The highest BCUT2D eigenvalue weighted by Crippen LogP contribution is 2.26. The van der Waals surface area contributed by atoms with E-state index in [0.717, 1.165) is 5.56 Å². The van der Waals surface area contributed by atoms with Crippen molar-refractivity contribution in [1.29, 1.82) is 0 Å². The normalized spacial score (nSPS) is 10.2. The Morgan fingerprint density at radius 3 is 2.60 bits per heavy atom. The molecular weight excluding hydrogens is 214 g/mol. The molecule has 1 aromatic rings. The van der Waals surface area contributed by atoms with Crippen LogP contribution in [0, 0.1) is 0 Å². The summed E-state index contributed by atoms with van der Waals surface area (Å²) >= 11 is 6.06. The fourth-order valence-electron chi connectivity index (χ4n) is 1.24. The minimum atomic E-state index is -0.497. The number of hydrogen-bond donors (Lipinski definition) is 1. The Bertz CT molecular complexity index is 364. The molecule has 0 fully saturated rings. The smallest absolute Gasteiger partial charge is 0.411 e. The number of anilines is 1. The summed E-state index contributed by atoms with van der Waals surface area (Å²) in [6.45, 7) is 4.13. The molecular formula is C11H14ClNO2. The van der Waals surface area contributed by atoms with Gasteiger partial charge in [0.1, 0.15) is 0 Å². The number of carbonyl (C=O) groups excluding carboxylic acids is 1. The van der Waals surface area contributed by atoms with E-state index in [1.54, 1.807) is 12.1 Å². The number of ether oxygens (including phenoxy) is 1. The maximum absolute atomic E-state index is 10.9. The van der Waals surface area contributed by atoms with Crippen LogP contribution < -0.4 is 5.32 Å². The van der Waals surface area contributed by atoms with Crippen LogP contribution in [0.3, 0.4) is 0 Å². The minimum Gasteiger partial charge on any atom is -0.453 e. The zero-order chi connectivity index (χ0) is 11.4. The lowest BCUT2D eigenvalue weighted by Gasteiger charge is -2.10. The van der Waals surface area contributed by atoms with Crippen molar-refractivity contribution in [2.45, 2.75) is 19.8 Å². The number of rotatable bonds is 2. The van der Waals surface area contributed by atoms with E-state index >= 15 is 0 Å². The number of carbonyl (C=O) groups is 1. The molecule has 82 valence electrons. The SMILES string of the molecule is COC(=O)Nc1ccc(C(C)C)c(Cl)c1. The topological polar surface area (TPSA) is 38.3 Å². The summed E-state index contributed by atoms with van der Waals surface area (Å²) in [5.41, 5.74) is 1.70. The molecule has 1 rings (SSSR count). The number of amides is 1. The fraction of sp³-hybridized carbons (Fsp3) is 0.364. The predicted molar refractivity (Wildman–Crippen MR) is 61.6 cm³/mol. The lowest BCUT2D eigenvalue weighted by atomic mass is 10.0. The van der Waals surface area contributed by atoms with E-state index in [9.17, 15) is 4.79 Å². The molecule has 0 unspecified atom stereocenters. The minimum absolute atomic E-state index is 0.365. The van der Waals surface area contributed by atoms with E-state index in [2.05, 4.69) is 23.9 Å². The zero-order valence-corrected chi connectivity index (χ0v) is 9.76. The van der Waals surface area contributed by atoms with Crippen LogP contribution in [-0.2, 0) is 4.74 Å². The highest BCUT2D eigenvalue weighted by Gasteiger charge is 2.07. The van der Waals surface area contributed by atoms with Crippen molar-refractivity contribution in [3.8, 4) is 0 Å². The monoisotopic (exact) mass is 227 g/mol. The van der Waals surface area contributed by atoms with Crippen molar-refractivity contribution >= 4 is 23.4 Å². The van der Waals surface area contributed by atoms with Crippen molar-refractivity contribution in [2.75, 3.05) is 12.4 Å². The maximum atomic E-state index is 10.9. The van der Waals surface area contributed by atoms with Crippen LogP contribution in [0.4, 0.5) is 10.5 Å². The highest BCUT2D eigenvalue weighted by molar-refractivity contribution is 6.31. The molecule has 0 bridgehead atoms. The van der Waals surface area contributed by atoms with Gasteiger partial charge in [0.15, 0.2) is 0 Å². The molecule has 0 aliphatic heterocycles. The van der Waals surface area contributed by atoms with E-state index in [4.69, 9.17) is 11.6 Å². The van der Waals surface area contributed by atoms with Crippen LogP contribution in [0.1, 0.15) is 25.3 Å². The molecule has 0 heterocycles. The van der Waals surface area contributed by atoms with Gasteiger partial charge in [0.05, 0.1) is 7.11 Å². The first-order valence-corrected chi connectivity index (χ1v) is 5.06. The van der Waals surface area contributed by atoms with Gasteiger partial charge in [-0.05, 0) is 23.6 Å². The number of hydrogen-bond acceptors (Lipinski definition) is 2. The first-order valence-electron chi connectivity index (χ1n) is 4.69. The molecule has 1 amide bonds. The van der Waals surface area contributed by atoms with Crippen molar-refractivity contribution in [1.82, 2.24) is 0 Å². The van der Waals surface area contributed by atoms with E-state index in [0.29, 0.717) is 16.6 Å². The Labute approximate surface area is 94.4 Å². The van der Waals surface area contributed by atoms with Gasteiger partial charge in [0.25, 0.3) is 0 Å². The molecule has 0 saturated heterocycles. The van der Waals surface area contributed by atoms with Gasteiger partial charge >= 0.3 is 6.09 Å². The van der Waals surface area contributed by atoms with Gasteiger partial charge in [-0.1, -0.05) is 31.5 Å². The van der Waals surface area contributed by atoms with Crippen molar-refractivity contribution in [2.24, 2.45) is 0 Å². The average molecular weight is 228 g/mol. The molecule has 1 aromatic carbocycles. The number of nitrogens with one attached hydrogen (secondary N) is 1. The third-order valence-electron chi connectivity index (χ3n) is 2.05. The molecule has 3 nitrogen and oxygen atoms in total. The Balaban J connectivity index is 2.87. The van der Waals surface area contributed by atoms with Crippen LogP contribution in [-0.4, -0.2) is 13.2 Å². The number of halogens is 1. The third kappa shape index (κ3) is 3.13. The van der Waals surface area contributed by atoms with Gasteiger partial charge in [0, 0.05) is 10.7 Å². The Hall–Kier alpha value is -1.22. The van der Waals surface area contributed by atoms with Crippen molar-refractivity contribution < 1.29 is 9.53 Å². The largest absolute Gasteiger partial charge is 0.453 e. The van der Waals surface area contributed by atoms with Crippen LogP contribution >= 0.6 is 11.6 Å². The maximum Gasteiger partial charge on any atom is 0.411 e. The summed E-state index contributed by atoms with van der Waals surface area (Å²) < 4.78 is 4.48. The van der Waals surface area contributed by atoms with Gasteiger partial charge in [0.2, 0.25) is 0 Å². The first-order chi connectivity index (χ1) is 7.04. The first kappa shape index (κ1) is 11.9. The molecule has 1 N–H and O–H groups in total. The molecule has 15 heavy (non-hydrogen) atoms. The lowest BCUT2D eigenvalue weighted by Crippen LogP contribution is -2.10.